The zero-order chi connectivity index (χ0) is 20.2. The maximum absolute atomic E-state index is 12.8. The van der Waals surface area contributed by atoms with E-state index in [1.807, 2.05) is 6.07 Å². The van der Waals surface area contributed by atoms with Gasteiger partial charge in [0.1, 0.15) is 0 Å². The van der Waals surface area contributed by atoms with Gasteiger partial charge in [-0.3, -0.25) is 0 Å². The van der Waals surface area contributed by atoms with Gasteiger partial charge in [-0.2, -0.15) is 18.2 Å². The van der Waals surface area contributed by atoms with Gasteiger partial charge in [0.05, 0.1) is 17.1 Å². The molecule has 0 aliphatic carbocycles. The van der Waals surface area contributed by atoms with Crippen LogP contribution < -0.4 is 0 Å². The van der Waals surface area contributed by atoms with Crippen molar-refractivity contribution in [2.75, 3.05) is 5.75 Å². The Bertz CT molecular complexity index is 1030. The van der Waals surface area contributed by atoms with Crippen molar-refractivity contribution >= 4 is 9.84 Å². The molecule has 148 valence electrons. The highest BCUT2D eigenvalue weighted by Gasteiger charge is 2.30. The fraction of sp³-hybridized carbons (Fsp3) is 0.263. The van der Waals surface area contributed by atoms with Gasteiger partial charge in [-0.15, -0.1) is 0 Å². The molecule has 9 heteroatoms. The quantitative estimate of drug-likeness (QED) is 0.581. The van der Waals surface area contributed by atoms with Crippen LogP contribution in [-0.2, 0) is 28.2 Å². The van der Waals surface area contributed by atoms with Crippen LogP contribution in [0, 0.1) is 0 Å². The number of aromatic nitrogens is 2. The third-order valence-corrected chi connectivity index (χ3v) is 5.68. The molecular formula is C19H17F3N2O3S. The Morgan fingerprint density at radius 3 is 2.46 bits per heavy atom. The lowest BCUT2D eigenvalue weighted by atomic mass is 10.1. The molecule has 28 heavy (non-hydrogen) atoms. The fourth-order valence-electron chi connectivity index (χ4n) is 2.65. The molecule has 0 atom stereocenters. The number of sulfone groups is 1. The van der Waals surface area contributed by atoms with Gasteiger partial charge in [0.15, 0.2) is 9.84 Å². The molecule has 1 heterocycles. The van der Waals surface area contributed by atoms with Crippen LogP contribution in [0.5, 0.6) is 0 Å². The highest BCUT2D eigenvalue weighted by Crippen LogP contribution is 2.31. The van der Waals surface area contributed by atoms with Crippen LogP contribution in [0.2, 0.25) is 0 Å². The lowest BCUT2D eigenvalue weighted by Gasteiger charge is -2.06. The second kappa shape index (κ2) is 8.14. The van der Waals surface area contributed by atoms with Crippen molar-refractivity contribution in [1.82, 2.24) is 10.1 Å². The number of nitrogens with zero attached hydrogens (tertiary/aromatic N) is 2. The zero-order valence-electron chi connectivity index (χ0n) is 14.7. The van der Waals surface area contributed by atoms with Gasteiger partial charge < -0.3 is 4.52 Å². The van der Waals surface area contributed by atoms with Gasteiger partial charge in [0.25, 0.3) is 0 Å². The summed E-state index contributed by atoms with van der Waals surface area (Å²) in [4.78, 5) is 4.07. The molecule has 0 saturated heterocycles. The van der Waals surface area contributed by atoms with E-state index in [0.29, 0.717) is 5.56 Å². The average molecular weight is 410 g/mol. The maximum atomic E-state index is 12.8. The minimum Gasteiger partial charge on any atom is -0.339 e. The van der Waals surface area contributed by atoms with Gasteiger partial charge in [-0.1, -0.05) is 47.6 Å². The first-order valence-electron chi connectivity index (χ1n) is 8.47. The molecule has 3 aromatic rings. The maximum Gasteiger partial charge on any atom is 0.416 e. The summed E-state index contributed by atoms with van der Waals surface area (Å²) in [6.45, 7) is 0. The molecule has 0 N–H and O–H groups in total. The van der Waals surface area contributed by atoms with Crippen molar-refractivity contribution in [3.8, 4) is 11.4 Å². The van der Waals surface area contributed by atoms with Crippen molar-refractivity contribution in [1.29, 1.82) is 0 Å². The minimum atomic E-state index is -4.46. The van der Waals surface area contributed by atoms with Gasteiger partial charge in [-0.25, -0.2) is 8.42 Å². The molecule has 3 rings (SSSR count). The molecule has 0 aliphatic rings. The van der Waals surface area contributed by atoms with E-state index in [1.165, 1.54) is 12.1 Å². The van der Waals surface area contributed by atoms with Crippen LogP contribution in [0.15, 0.2) is 59.1 Å². The molecule has 0 radical (unpaired) electrons. The standard InChI is InChI=1S/C19H17F3N2O3S/c20-19(21,22)16-9-4-8-15(12-16)18-23-17(27-24-18)10-5-11-28(25,26)13-14-6-2-1-3-7-14/h1-4,6-9,12H,5,10-11,13H2. The number of benzene rings is 2. The predicted molar refractivity (Wildman–Crippen MR) is 97.0 cm³/mol. The van der Waals surface area contributed by atoms with E-state index in [-0.39, 0.29) is 41.6 Å². The lowest BCUT2D eigenvalue weighted by molar-refractivity contribution is -0.137. The van der Waals surface area contributed by atoms with Crippen LogP contribution in [-0.4, -0.2) is 24.3 Å². The molecule has 5 nitrogen and oxygen atoms in total. The lowest BCUT2D eigenvalue weighted by Crippen LogP contribution is -2.10. The number of alkyl halides is 3. The van der Waals surface area contributed by atoms with Gasteiger partial charge in [0, 0.05) is 12.0 Å². The van der Waals surface area contributed by atoms with Crippen molar-refractivity contribution in [2.24, 2.45) is 0 Å². The Morgan fingerprint density at radius 1 is 1.00 bits per heavy atom. The molecule has 0 bridgehead atoms. The molecule has 0 unspecified atom stereocenters. The van der Waals surface area contributed by atoms with E-state index < -0.39 is 21.6 Å². The minimum absolute atomic E-state index is 0.0354. The number of aryl methyl sites for hydroxylation is 1. The van der Waals surface area contributed by atoms with E-state index in [4.69, 9.17) is 4.52 Å². The van der Waals surface area contributed by atoms with Gasteiger partial charge in [-0.05, 0) is 24.1 Å². The normalized spacial score (nSPS) is 12.2. The van der Waals surface area contributed by atoms with Gasteiger partial charge >= 0.3 is 6.18 Å². The molecule has 0 spiro atoms. The van der Waals surface area contributed by atoms with Crippen molar-refractivity contribution in [2.45, 2.75) is 24.8 Å². The summed E-state index contributed by atoms with van der Waals surface area (Å²) in [6, 6.07) is 13.5. The first kappa shape index (κ1) is 20.1. The van der Waals surface area contributed by atoms with Gasteiger partial charge in [0.2, 0.25) is 11.7 Å². The highest BCUT2D eigenvalue weighted by atomic mass is 32.2. The predicted octanol–water partition coefficient (Wildman–Crippen LogP) is 4.30. The van der Waals surface area contributed by atoms with Crippen LogP contribution in [0.3, 0.4) is 0 Å². The highest BCUT2D eigenvalue weighted by molar-refractivity contribution is 7.90. The Balaban J connectivity index is 1.59. The zero-order valence-corrected chi connectivity index (χ0v) is 15.5. The fourth-order valence-corrected chi connectivity index (χ4v) is 4.08. The second-order valence-electron chi connectivity index (χ2n) is 6.27. The summed E-state index contributed by atoms with van der Waals surface area (Å²) >= 11 is 0. The van der Waals surface area contributed by atoms with Crippen LogP contribution in [0.25, 0.3) is 11.4 Å². The third kappa shape index (κ3) is 5.41. The summed E-state index contributed by atoms with van der Waals surface area (Å²) in [5.74, 6) is 0.117. The molecule has 0 aliphatic heterocycles. The van der Waals surface area contributed by atoms with E-state index in [1.54, 1.807) is 24.3 Å². The first-order valence-corrected chi connectivity index (χ1v) is 10.3. The van der Waals surface area contributed by atoms with E-state index in [9.17, 15) is 21.6 Å². The number of hydrogen-bond acceptors (Lipinski definition) is 5. The van der Waals surface area contributed by atoms with Crippen molar-refractivity contribution in [3.05, 3.63) is 71.6 Å². The Kier molecular flexibility index (Phi) is 5.83. The number of halogens is 3. The summed E-state index contributed by atoms with van der Waals surface area (Å²) in [5.41, 5.74) is 0.0944. The van der Waals surface area contributed by atoms with E-state index in [0.717, 1.165) is 12.1 Å². The molecule has 0 amide bonds. The van der Waals surface area contributed by atoms with Crippen LogP contribution in [0.4, 0.5) is 13.2 Å². The molecular weight excluding hydrogens is 393 g/mol. The summed E-state index contributed by atoms with van der Waals surface area (Å²) in [5, 5.41) is 3.69. The summed E-state index contributed by atoms with van der Waals surface area (Å²) in [6.07, 6.45) is -3.96. The summed E-state index contributed by atoms with van der Waals surface area (Å²) < 4.78 is 67.8. The second-order valence-corrected chi connectivity index (χ2v) is 8.46. The van der Waals surface area contributed by atoms with Crippen LogP contribution >= 0.6 is 0 Å². The Morgan fingerprint density at radius 2 is 1.75 bits per heavy atom. The van der Waals surface area contributed by atoms with Crippen molar-refractivity contribution in [3.63, 3.8) is 0 Å². The summed E-state index contributed by atoms with van der Waals surface area (Å²) in [7, 11) is -3.29. The van der Waals surface area contributed by atoms with Crippen molar-refractivity contribution < 1.29 is 26.1 Å². The third-order valence-electron chi connectivity index (χ3n) is 3.99. The monoisotopic (exact) mass is 410 g/mol. The average Bonchev–Trinajstić information content (AvgIpc) is 3.10. The topological polar surface area (TPSA) is 73.1 Å². The smallest absolute Gasteiger partial charge is 0.339 e. The van der Waals surface area contributed by atoms with E-state index in [2.05, 4.69) is 10.1 Å². The largest absolute Gasteiger partial charge is 0.416 e. The SMILES string of the molecule is O=S(=O)(CCCc1nc(-c2cccc(C(F)(F)F)c2)no1)Cc1ccccc1. The molecule has 1 aromatic heterocycles. The molecule has 0 saturated carbocycles. The Hall–Kier alpha value is -2.68. The van der Waals surface area contributed by atoms with E-state index >= 15 is 0 Å². The number of rotatable bonds is 7. The van der Waals surface area contributed by atoms with Crippen LogP contribution in [0.1, 0.15) is 23.4 Å². The molecule has 0 fully saturated rings. The Labute approximate surface area is 160 Å². The molecule has 2 aromatic carbocycles. The first-order chi connectivity index (χ1) is 13.2. The number of hydrogen-bond donors (Lipinski definition) is 0.